The molecule has 1 unspecified atom stereocenters. The van der Waals surface area contributed by atoms with Gasteiger partial charge in [-0.3, -0.25) is 4.79 Å². The Morgan fingerprint density at radius 2 is 1.83 bits per heavy atom. The van der Waals surface area contributed by atoms with E-state index in [9.17, 15) is 10.1 Å². The Kier molecular flexibility index (Phi) is 3.34. The quantitative estimate of drug-likeness (QED) is 0.685. The summed E-state index contributed by atoms with van der Waals surface area (Å²) < 4.78 is 0. The number of amides is 1. The molecule has 0 aromatic heterocycles. The third kappa shape index (κ3) is 1.83. The van der Waals surface area contributed by atoms with E-state index in [1.807, 2.05) is 24.3 Å². The first-order valence-corrected chi connectivity index (χ1v) is 8.50. The third-order valence-corrected chi connectivity index (χ3v) is 5.38. The summed E-state index contributed by atoms with van der Waals surface area (Å²) in [5, 5.41) is 16.0. The minimum Gasteiger partial charge on any atom is -0.384 e. The van der Waals surface area contributed by atoms with E-state index in [-0.39, 0.29) is 5.91 Å². The van der Waals surface area contributed by atoms with Gasteiger partial charge in [0.2, 0.25) is 5.91 Å². The number of para-hydroxylation sites is 1. The Hall–Kier alpha value is -2.74. The van der Waals surface area contributed by atoms with Gasteiger partial charge in [-0.15, -0.1) is 0 Å². The summed E-state index contributed by atoms with van der Waals surface area (Å²) >= 11 is 0. The van der Waals surface area contributed by atoms with E-state index in [2.05, 4.69) is 16.7 Å². The molecule has 24 heavy (non-hydrogen) atoms. The van der Waals surface area contributed by atoms with Crippen molar-refractivity contribution in [2.45, 2.75) is 43.9 Å². The summed E-state index contributed by atoms with van der Waals surface area (Å²) in [6, 6.07) is 9.86. The maximum atomic E-state index is 13.2. The summed E-state index contributed by atoms with van der Waals surface area (Å²) in [6.07, 6.45) is 6.10. The van der Waals surface area contributed by atoms with Crippen LogP contribution in [0.25, 0.3) is 0 Å². The fourth-order valence-electron chi connectivity index (χ4n) is 4.34. The number of carbonyl (C=O) groups excluding carboxylic acids is 1. The molecule has 122 valence electrons. The summed E-state index contributed by atoms with van der Waals surface area (Å²) in [5.41, 5.74) is 9.13. The van der Waals surface area contributed by atoms with E-state index in [1.165, 1.54) is 6.42 Å². The SMILES string of the molecule is N#CC1=C(N)NC2=C(CCCCCC2)C12C(=O)Nc1ccccc12. The topological polar surface area (TPSA) is 90.9 Å². The lowest BCUT2D eigenvalue weighted by Gasteiger charge is -2.38. The Balaban J connectivity index is 2.03. The molecular formula is C19H20N4O. The number of nitrogens with zero attached hydrogens (tertiary/aromatic N) is 1. The molecule has 1 atom stereocenters. The first kappa shape index (κ1) is 14.8. The number of benzene rings is 1. The van der Waals surface area contributed by atoms with Gasteiger partial charge in [-0.2, -0.15) is 5.26 Å². The monoisotopic (exact) mass is 320 g/mol. The minimum atomic E-state index is -1.06. The van der Waals surface area contributed by atoms with E-state index in [1.54, 1.807) is 0 Å². The van der Waals surface area contributed by atoms with Crippen LogP contribution in [0, 0.1) is 11.3 Å². The minimum absolute atomic E-state index is 0.155. The van der Waals surface area contributed by atoms with Gasteiger partial charge in [-0.25, -0.2) is 0 Å². The highest BCUT2D eigenvalue weighted by Gasteiger charge is 2.55. The van der Waals surface area contributed by atoms with Gasteiger partial charge in [0.25, 0.3) is 0 Å². The highest BCUT2D eigenvalue weighted by Crippen LogP contribution is 2.52. The first-order valence-electron chi connectivity index (χ1n) is 8.50. The van der Waals surface area contributed by atoms with Gasteiger partial charge in [-0.1, -0.05) is 31.0 Å². The fourth-order valence-corrected chi connectivity index (χ4v) is 4.34. The van der Waals surface area contributed by atoms with Crippen LogP contribution in [0.2, 0.25) is 0 Å². The van der Waals surface area contributed by atoms with Crippen LogP contribution in [0.3, 0.4) is 0 Å². The Morgan fingerprint density at radius 1 is 1.08 bits per heavy atom. The van der Waals surface area contributed by atoms with Crippen LogP contribution < -0.4 is 16.4 Å². The summed E-state index contributed by atoms with van der Waals surface area (Å²) in [4.78, 5) is 13.2. The number of dihydropyridines is 1. The van der Waals surface area contributed by atoms with Crippen molar-refractivity contribution in [3.05, 3.63) is 52.5 Å². The van der Waals surface area contributed by atoms with Gasteiger partial charge in [0.05, 0.1) is 5.57 Å². The molecule has 4 N–H and O–H groups in total. The average Bonchev–Trinajstić information content (AvgIpc) is 2.83. The normalized spacial score (nSPS) is 26.0. The molecule has 3 aliphatic rings. The molecule has 0 saturated heterocycles. The van der Waals surface area contributed by atoms with Crippen molar-refractivity contribution < 1.29 is 4.79 Å². The maximum absolute atomic E-state index is 13.2. The summed E-state index contributed by atoms with van der Waals surface area (Å²) in [5.74, 6) is 0.154. The largest absolute Gasteiger partial charge is 0.384 e. The zero-order valence-corrected chi connectivity index (χ0v) is 13.5. The van der Waals surface area contributed by atoms with Gasteiger partial charge in [0.15, 0.2) is 0 Å². The van der Waals surface area contributed by atoms with E-state index < -0.39 is 5.41 Å². The number of fused-ring (bicyclic) bond motifs is 3. The van der Waals surface area contributed by atoms with Crippen LogP contribution in [0.5, 0.6) is 0 Å². The standard InChI is InChI=1S/C19H20N4O/c20-11-14-17(21)22-15-9-4-2-1-3-7-12(15)19(14)13-8-5-6-10-16(13)23-18(19)24/h5-6,8,10,22H,1-4,7,9,21H2,(H,23,24). The lowest BCUT2D eigenvalue weighted by Crippen LogP contribution is -2.46. The predicted molar refractivity (Wildman–Crippen MR) is 91.4 cm³/mol. The molecule has 1 amide bonds. The lowest BCUT2D eigenvalue weighted by molar-refractivity contribution is -0.118. The molecule has 1 spiro atoms. The van der Waals surface area contributed by atoms with Crippen molar-refractivity contribution >= 4 is 11.6 Å². The van der Waals surface area contributed by atoms with E-state index in [4.69, 9.17) is 5.73 Å². The van der Waals surface area contributed by atoms with Gasteiger partial charge >= 0.3 is 0 Å². The number of anilines is 1. The van der Waals surface area contributed by atoms with E-state index >= 15 is 0 Å². The van der Waals surface area contributed by atoms with E-state index in [0.717, 1.165) is 54.6 Å². The number of hydrogen-bond acceptors (Lipinski definition) is 4. The molecule has 0 bridgehead atoms. The average molecular weight is 320 g/mol. The van der Waals surface area contributed by atoms with Crippen molar-refractivity contribution in [1.82, 2.24) is 5.32 Å². The number of rotatable bonds is 0. The van der Waals surface area contributed by atoms with Crippen LogP contribution in [0.1, 0.15) is 44.1 Å². The number of hydrogen-bond donors (Lipinski definition) is 3. The highest BCUT2D eigenvalue weighted by molar-refractivity contribution is 6.12. The number of carbonyl (C=O) groups is 1. The maximum Gasteiger partial charge on any atom is 0.244 e. The van der Waals surface area contributed by atoms with Crippen LogP contribution in [-0.4, -0.2) is 5.91 Å². The van der Waals surface area contributed by atoms with Gasteiger partial charge < -0.3 is 16.4 Å². The molecule has 4 rings (SSSR count). The fraction of sp³-hybridized carbons (Fsp3) is 0.368. The molecule has 1 aromatic carbocycles. The zero-order chi connectivity index (χ0) is 16.7. The molecule has 2 heterocycles. The van der Waals surface area contributed by atoms with Crippen molar-refractivity contribution in [2.75, 3.05) is 5.32 Å². The van der Waals surface area contributed by atoms with Crippen LogP contribution in [0.4, 0.5) is 5.69 Å². The molecule has 1 aliphatic carbocycles. The summed E-state index contributed by atoms with van der Waals surface area (Å²) in [6.45, 7) is 0. The van der Waals surface area contributed by atoms with Crippen molar-refractivity contribution in [3.8, 4) is 6.07 Å². The van der Waals surface area contributed by atoms with Crippen LogP contribution >= 0.6 is 0 Å². The number of nitriles is 1. The van der Waals surface area contributed by atoms with Crippen LogP contribution in [0.15, 0.2) is 46.9 Å². The molecule has 0 saturated carbocycles. The van der Waals surface area contributed by atoms with Gasteiger partial charge in [0, 0.05) is 16.9 Å². The molecule has 1 aromatic rings. The molecule has 5 heteroatoms. The molecule has 0 radical (unpaired) electrons. The molecule has 5 nitrogen and oxygen atoms in total. The second-order valence-electron chi connectivity index (χ2n) is 6.65. The number of nitrogens with two attached hydrogens (primary N) is 1. The number of allylic oxidation sites excluding steroid dienone is 1. The summed E-state index contributed by atoms with van der Waals surface area (Å²) in [7, 11) is 0. The lowest BCUT2D eigenvalue weighted by atomic mass is 9.65. The predicted octanol–water partition coefficient (Wildman–Crippen LogP) is 2.78. The van der Waals surface area contributed by atoms with Crippen LogP contribution in [-0.2, 0) is 10.2 Å². The second-order valence-corrected chi connectivity index (χ2v) is 6.65. The Labute approximate surface area is 141 Å². The second kappa shape index (κ2) is 5.41. The van der Waals surface area contributed by atoms with Crippen molar-refractivity contribution in [3.63, 3.8) is 0 Å². The first-order chi connectivity index (χ1) is 11.7. The van der Waals surface area contributed by atoms with Crippen molar-refractivity contribution in [1.29, 1.82) is 5.26 Å². The van der Waals surface area contributed by atoms with Gasteiger partial charge in [-0.05, 0) is 37.3 Å². The van der Waals surface area contributed by atoms with Gasteiger partial charge in [0.1, 0.15) is 17.3 Å². The van der Waals surface area contributed by atoms with E-state index in [0.29, 0.717) is 11.4 Å². The molecule has 2 aliphatic heterocycles. The smallest absolute Gasteiger partial charge is 0.244 e. The molecular weight excluding hydrogens is 300 g/mol. The Bertz CT molecular complexity index is 830. The highest BCUT2D eigenvalue weighted by atomic mass is 16.2. The zero-order valence-electron chi connectivity index (χ0n) is 13.5. The van der Waals surface area contributed by atoms with Crippen molar-refractivity contribution in [2.24, 2.45) is 5.73 Å². The number of nitrogens with one attached hydrogen (secondary N) is 2. The third-order valence-electron chi connectivity index (χ3n) is 5.38. The Morgan fingerprint density at radius 3 is 2.62 bits per heavy atom. The molecule has 0 fully saturated rings.